The van der Waals surface area contributed by atoms with Gasteiger partial charge in [0.15, 0.2) is 5.03 Å². The summed E-state index contributed by atoms with van der Waals surface area (Å²) in [6.45, 7) is 0. The van der Waals surface area contributed by atoms with Gasteiger partial charge in [0.25, 0.3) is 10.0 Å². The third-order valence-electron chi connectivity index (χ3n) is 2.23. The maximum atomic E-state index is 13.4. The Bertz CT molecular complexity index is 720. The number of benzene rings is 1. The van der Waals surface area contributed by atoms with Gasteiger partial charge in [-0.1, -0.05) is 0 Å². The van der Waals surface area contributed by atoms with Crippen molar-refractivity contribution in [3.8, 4) is 0 Å². The predicted octanol–water partition coefficient (Wildman–Crippen LogP) is 1.74. The standard InChI is InChI=1S/C11H9F2N3O2S/c12-7-3-4-8(13)10(6-7)16-19(17,18)11-9(14)2-1-5-15-11/h1-6,16H,14H2. The SMILES string of the molecule is Nc1cccnc1S(=O)(=O)Nc1cc(F)ccc1F. The van der Waals surface area contributed by atoms with Crippen molar-refractivity contribution in [2.45, 2.75) is 5.03 Å². The summed E-state index contributed by atoms with van der Waals surface area (Å²) in [4.78, 5) is 3.61. The van der Waals surface area contributed by atoms with Crippen LogP contribution in [0.3, 0.4) is 0 Å². The van der Waals surface area contributed by atoms with Crippen LogP contribution in [0.2, 0.25) is 0 Å². The molecule has 0 bridgehead atoms. The van der Waals surface area contributed by atoms with Crippen molar-refractivity contribution < 1.29 is 17.2 Å². The maximum absolute atomic E-state index is 13.4. The van der Waals surface area contributed by atoms with Crippen molar-refractivity contribution in [3.63, 3.8) is 0 Å². The quantitative estimate of drug-likeness (QED) is 0.899. The molecule has 0 unspecified atom stereocenters. The molecule has 3 N–H and O–H groups in total. The minimum absolute atomic E-state index is 0.0909. The van der Waals surface area contributed by atoms with Gasteiger partial charge in [0.05, 0.1) is 11.4 Å². The first-order valence-electron chi connectivity index (χ1n) is 5.08. The van der Waals surface area contributed by atoms with E-state index < -0.39 is 32.4 Å². The fraction of sp³-hybridized carbons (Fsp3) is 0. The van der Waals surface area contributed by atoms with Crippen LogP contribution >= 0.6 is 0 Å². The van der Waals surface area contributed by atoms with Crippen LogP contribution in [0.5, 0.6) is 0 Å². The third kappa shape index (κ3) is 2.79. The van der Waals surface area contributed by atoms with Gasteiger partial charge in [-0.3, -0.25) is 4.72 Å². The second-order valence-corrected chi connectivity index (χ2v) is 5.23. The molecule has 100 valence electrons. The number of hydrogen-bond acceptors (Lipinski definition) is 4. The molecule has 0 atom stereocenters. The number of pyridine rings is 1. The Morgan fingerprint density at radius 3 is 2.63 bits per heavy atom. The van der Waals surface area contributed by atoms with E-state index in [4.69, 9.17) is 5.73 Å². The van der Waals surface area contributed by atoms with E-state index in [0.29, 0.717) is 0 Å². The van der Waals surface area contributed by atoms with E-state index in [1.165, 1.54) is 18.3 Å². The zero-order valence-corrected chi connectivity index (χ0v) is 10.3. The van der Waals surface area contributed by atoms with E-state index in [1.807, 2.05) is 4.72 Å². The normalized spacial score (nSPS) is 11.3. The van der Waals surface area contributed by atoms with Gasteiger partial charge in [0, 0.05) is 12.3 Å². The van der Waals surface area contributed by atoms with E-state index in [1.54, 1.807) is 0 Å². The Balaban J connectivity index is 2.43. The van der Waals surface area contributed by atoms with E-state index in [-0.39, 0.29) is 5.69 Å². The number of nitrogen functional groups attached to an aromatic ring is 1. The molecule has 1 heterocycles. The van der Waals surface area contributed by atoms with Crippen LogP contribution in [-0.4, -0.2) is 13.4 Å². The van der Waals surface area contributed by atoms with Gasteiger partial charge >= 0.3 is 0 Å². The van der Waals surface area contributed by atoms with Crippen molar-refractivity contribution >= 4 is 21.4 Å². The van der Waals surface area contributed by atoms with Gasteiger partial charge in [-0.15, -0.1) is 0 Å². The molecule has 0 amide bonds. The molecule has 0 fully saturated rings. The summed E-state index contributed by atoms with van der Waals surface area (Å²) in [6.07, 6.45) is 1.23. The van der Waals surface area contributed by atoms with Crippen LogP contribution in [0, 0.1) is 11.6 Å². The summed E-state index contributed by atoms with van der Waals surface area (Å²) in [5.41, 5.74) is 4.88. The zero-order valence-electron chi connectivity index (χ0n) is 9.47. The first-order valence-corrected chi connectivity index (χ1v) is 6.57. The second kappa shape index (κ2) is 4.81. The van der Waals surface area contributed by atoms with Gasteiger partial charge in [-0.2, -0.15) is 8.42 Å². The smallest absolute Gasteiger partial charge is 0.281 e. The van der Waals surface area contributed by atoms with Crippen LogP contribution in [0.25, 0.3) is 0 Å². The van der Waals surface area contributed by atoms with Crippen molar-refractivity contribution in [2.75, 3.05) is 10.5 Å². The topological polar surface area (TPSA) is 85.1 Å². The number of halogens is 2. The Morgan fingerprint density at radius 1 is 1.21 bits per heavy atom. The van der Waals surface area contributed by atoms with Crippen molar-refractivity contribution in [2.24, 2.45) is 0 Å². The third-order valence-corrected chi connectivity index (χ3v) is 3.57. The van der Waals surface area contributed by atoms with Crippen LogP contribution in [0.15, 0.2) is 41.6 Å². The first-order chi connectivity index (χ1) is 8.90. The minimum atomic E-state index is -4.18. The molecule has 5 nitrogen and oxygen atoms in total. The predicted molar refractivity (Wildman–Crippen MR) is 65.8 cm³/mol. The lowest BCUT2D eigenvalue weighted by atomic mass is 10.3. The molecule has 1 aromatic carbocycles. The van der Waals surface area contributed by atoms with Gasteiger partial charge in [0.2, 0.25) is 0 Å². The minimum Gasteiger partial charge on any atom is -0.396 e. The molecule has 0 radical (unpaired) electrons. The highest BCUT2D eigenvalue weighted by atomic mass is 32.2. The van der Waals surface area contributed by atoms with E-state index in [9.17, 15) is 17.2 Å². The summed E-state index contributed by atoms with van der Waals surface area (Å²) in [5, 5.41) is -0.446. The van der Waals surface area contributed by atoms with E-state index >= 15 is 0 Å². The first kappa shape index (κ1) is 13.2. The number of rotatable bonds is 3. The average Bonchev–Trinajstić information content (AvgIpc) is 2.34. The molecule has 0 spiro atoms. The van der Waals surface area contributed by atoms with Crippen molar-refractivity contribution in [1.29, 1.82) is 0 Å². The Morgan fingerprint density at radius 2 is 1.95 bits per heavy atom. The van der Waals surface area contributed by atoms with Gasteiger partial charge < -0.3 is 5.73 Å². The molecule has 1 aromatic heterocycles. The lowest BCUT2D eigenvalue weighted by Crippen LogP contribution is -2.17. The Hall–Kier alpha value is -2.22. The number of hydrogen-bond donors (Lipinski definition) is 2. The fourth-order valence-corrected chi connectivity index (χ4v) is 2.52. The van der Waals surface area contributed by atoms with Crippen LogP contribution < -0.4 is 10.5 Å². The Kier molecular flexibility index (Phi) is 3.34. The summed E-state index contributed by atoms with van der Waals surface area (Å²) < 4.78 is 52.1. The number of anilines is 2. The number of aromatic nitrogens is 1. The molecule has 0 aliphatic heterocycles. The number of sulfonamides is 1. The molecular formula is C11H9F2N3O2S. The second-order valence-electron chi connectivity index (χ2n) is 3.63. The highest BCUT2D eigenvalue weighted by molar-refractivity contribution is 7.92. The summed E-state index contributed by atoms with van der Waals surface area (Å²) >= 11 is 0. The average molecular weight is 285 g/mol. The van der Waals surface area contributed by atoms with Crippen LogP contribution in [-0.2, 0) is 10.0 Å². The monoisotopic (exact) mass is 285 g/mol. The summed E-state index contributed by atoms with van der Waals surface area (Å²) in [5.74, 6) is -1.67. The lowest BCUT2D eigenvalue weighted by Gasteiger charge is -2.09. The van der Waals surface area contributed by atoms with Gasteiger partial charge in [-0.25, -0.2) is 13.8 Å². The molecule has 2 aromatic rings. The largest absolute Gasteiger partial charge is 0.396 e. The summed E-state index contributed by atoms with van der Waals surface area (Å²) in [7, 11) is -4.18. The van der Waals surface area contributed by atoms with Crippen LogP contribution in [0.4, 0.5) is 20.2 Å². The van der Waals surface area contributed by atoms with Gasteiger partial charge in [0.1, 0.15) is 11.6 Å². The summed E-state index contributed by atoms with van der Waals surface area (Å²) in [6, 6.07) is 5.21. The Labute approximate surface area is 108 Å². The molecule has 2 rings (SSSR count). The van der Waals surface area contributed by atoms with Crippen molar-refractivity contribution in [3.05, 3.63) is 48.2 Å². The zero-order chi connectivity index (χ0) is 14.0. The molecule has 0 aliphatic carbocycles. The molecular weight excluding hydrogens is 276 g/mol. The highest BCUT2D eigenvalue weighted by Crippen LogP contribution is 2.21. The fourth-order valence-electron chi connectivity index (χ4n) is 1.40. The number of nitrogens with zero attached hydrogens (tertiary/aromatic N) is 1. The lowest BCUT2D eigenvalue weighted by molar-refractivity contribution is 0.592. The number of nitrogens with two attached hydrogens (primary N) is 1. The molecule has 8 heteroatoms. The van der Waals surface area contributed by atoms with E-state index in [0.717, 1.165) is 18.2 Å². The molecule has 0 saturated heterocycles. The van der Waals surface area contributed by atoms with Crippen molar-refractivity contribution in [1.82, 2.24) is 4.98 Å². The van der Waals surface area contributed by atoms with E-state index in [2.05, 4.69) is 4.98 Å². The highest BCUT2D eigenvalue weighted by Gasteiger charge is 2.20. The van der Waals surface area contributed by atoms with Crippen LogP contribution in [0.1, 0.15) is 0 Å². The molecule has 0 saturated carbocycles. The molecule has 19 heavy (non-hydrogen) atoms. The maximum Gasteiger partial charge on any atom is 0.281 e. The molecule has 0 aliphatic rings. The van der Waals surface area contributed by atoms with Gasteiger partial charge in [-0.05, 0) is 24.3 Å². The number of nitrogens with one attached hydrogen (secondary N) is 1.